The van der Waals surface area contributed by atoms with Gasteiger partial charge in [0.25, 0.3) is 0 Å². The standard InChI is InChI=1S/C19H17BrClNO2/c1-3-23-18-11-19(24-4-2)17(20)10-14(18)9-15(12-22)13-5-7-16(21)8-6-13/h5-11H,3-4H2,1-2H3. The van der Waals surface area contributed by atoms with Gasteiger partial charge in [-0.05, 0) is 59.6 Å². The van der Waals surface area contributed by atoms with Gasteiger partial charge >= 0.3 is 0 Å². The molecule has 124 valence electrons. The van der Waals surface area contributed by atoms with Crippen molar-refractivity contribution in [2.24, 2.45) is 0 Å². The number of hydrogen-bond acceptors (Lipinski definition) is 3. The second kappa shape index (κ2) is 8.77. The molecular weight excluding hydrogens is 390 g/mol. The van der Waals surface area contributed by atoms with Crippen molar-refractivity contribution < 1.29 is 9.47 Å². The summed E-state index contributed by atoms with van der Waals surface area (Å²) in [6, 6.07) is 13.1. The van der Waals surface area contributed by atoms with Gasteiger partial charge in [-0.1, -0.05) is 23.7 Å². The molecule has 5 heteroatoms. The SMILES string of the molecule is CCOc1cc(OCC)c(C=C(C#N)c2ccc(Cl)cc2)cc1Br. The molecule has 0 aliphatic heterocycles. The number of ether oxygens (including phenoxy) is 2. The Morgan fingerprint density at radius 1 is 1.12 bits per heavy atom. The summed E-state index contributed by atoms with van der Waals surface area (Å²) < 4.78 is 12.1. The summed E-state index contributed by atoms with van der Waals surface area (Å²) in [5.41, 5.74) is 2.14. The number of benzene rings is 2. The van der Waals surface area contributed by atoms with Gasteiger partial charge in [0.05, 0.1) is 29.3 Å². The third-order valence-electron chi connectivity index (χ3n) is 3.24. The summed E-state index contributed by atoms with van der Waals surface area (Å²) >= 11 is 9.41. The molecule has 0 atom stereocenters. The van der Waals surface area contributed by atoms with Crippen LogP contribution in [0.3, 0.4) is 0 Å². The van der Waals surface area contributed by atoms with Crippen LogP contribution in [0.2, 0.25) is 5.02 Å². The van der Waals surface area contributed by atoms with Crippen LogP contribution in [0.4, 0.5) is 0 Å². The Morgan fingerprint density at radius 2 is 1.75 bits per heavy atom. The maximum atomic E-state index is 9.51. The summed E-state index contributed by atoms with van der Waals surface area (Å²) in [5.74, 6) is 1.38. The Hall–Kier alpha value is -1.96. The van der Waals surface area contributed by atoms with Crippen molar-refractivity contribution >= 4 is 39.2 Å². The van der Waals surface area contributed by atoms with E-state index >= 15 is 0 Å². The zero-order valence-electron chi connectivity index (χ0n) is 13.5. The average Bonchev–Trinajstić information content (AvgIpc) is 2.57. The Bertz CT molecular complexity index is 779. The first-order valence-electron chi connectivity index (χ1n) is 7.55. The van der Waals surface area contributed by atoms with Crippen LogP contribution in [0.15, 0.2) is 40.9 Å². The van der Waals surface area contributed by atoms with E-state index in [2.05, 4.69) is 22.0 Å². The number of rotatable bonds is 6. The molecule has 0 bridgehead atoms. The van der Waals surface area contributed by atoms with Gasteiger partial charge in [-0.15, -0.1) is 0 Å². The fourth-order valence-corrected chi connectivity index (χ4v) is 2.78. The van der Waals surface area contributed by atoms with Crippen molar-refractivity contribution in [3.05, 3.63) is 57.0 Å². The van der Waals surface area contributed by atoms with E-state index in [4.69, 9.17) is 21.1 Å². The summed E-state index contributed by atoms with van der Waals surface area (Å²) in [5, 5.41) is 10.1. The molecule has 0 aliphatic rings. The van der Waals surface area contributed by atoms with E-state index in [1.54, 1.807) is 18.2 Å². The number of nitriles is 1. The van der Waals surface area contributed by atoms with Crippen LogP contribution in [0.1, 0.15) is 25.0 Å². The first-order valence-corrected chi connectivity index (χ1v) is 8.73. The maximum Gasteiger partial charge on any atom is 0.137 e. The number of nitrogens with zero attached hydrogens (tertiary/aromatic N) is 1. The van der Waals surface area contributed by atoms with Gasteiger partial charge in [0.2, 0.25) is 0 Å². The van der Waals surface area contributed by atoms with E-state index < -0.39 is 0 Å². The van der Waals surface area contributed by atoms with E-state index in [1.165, 1.54) is 0 Å². The van der Waals surface area contributed by atoms with Crippen LogP contribution in [0, 0.1) is 11.3 Å². The van der Waals surface area contributed by atoms with E-state index in [-0.39, 0.29) is 0 Å². The molecule has 0 amide bonds. The normalized spacial score (nSPS) is 11.0. The Kier molecular flexibility index (Phi) is 6.72. The third-order valence-corrected chi connectivity index (χ3v) is 4.11. The Balaban J connectivity index is 2.50. The molecule has 0 saturated heterocycles. The highest BCUT2D eigenvalue weighted by atomic mass is 79.9. The monoisotopic (exact) mass is 405 g/mol. The second-order valence-corrected chi connectivity index (χ2v) is 6.15. The molecule has 0 N–H and O–H groups in total. The van der Waals surface area contributed by atoms with Crippen molar-refractivity contribution in [1.82, 2.24) is 0 Å². The van der Waals surface area contributed by atoms with Crippen molar-refractivity contribution in [2.75, 3.05) is 13.2 Å². The van der Waals surface area contributed by atoms with Crippen LogP contribution in [0.5, 0.6) is 11.5 Å². The number of halogens is 2. The van der Waals surface area contributed by atoms with Gasteiger partial charge in [0.1, 0.15) is 11.5 Å². The summed E-state index contributed by atoms with van der Waals surface area (Å²) in [7, 11) is 0. The molecule has 3 nitrogen and oxygen atoms in total. The van der Waals surface area contributed by atoms with Gasteiger partial charge in [0.15, 0.2) is 0 Å². The Labute approximate surface area is 155 Å². The second-order valence-electron chi connectivity index (χ2n) is 4.86. The predicted molar refractivity (Wildman–Crippen MR) is 101 cm³/mol. The molecule has 0 aliphatic carbocycles. The minimum Gasteiger partial charge on any atom is -0.493 e. The first-order chi connectivity index (χ1) is 11.6. The summed E-state index contributed by atoms with van der Waals surface area (Å²) in [6.07, 6.45) is 1.80. The largest absolute Gasteiger partial charge is 0.493 e. The topological polar surface area (TPSA) is 42.2 Å². The van der Waals surface area contributed by atoms with E-state index in [1.807, 2.05) is 38.1 Å². The van der Waals surface area contributed by atoms with Crippen molar-refractivity contribution in [3.8, 4) is 17.6 Å². The number of hydrogen-bond donors (Lipinski definition) is 0. The molecule has 2 aromatic rings. The predicted octanol–water partition coefficient (Wildman–Crippen LogP) is 5.96. The lowest BCUT2D eigenvalue weighted by molar-refractivity contribution is 0.321. The minimum absolute atomic E-state index is 0.525. The van der Waals surface area contributed by atoms with Gasteiger partial charge in [-0.2, -0.15) is 5.26 Å². The quantitative estimate of drug-likeness (QED) is 0.439. The van der Waals surface area contributed by atoms with E-state index in [0.29, 0.717) is 35.3 Å². The van der Waals surface area contributed by atoms with Crippen molar-refractivity contribution in [1.29, 1.82) is 5.26 Å². The van der Waals surface area contributed by atoms with Crippen molar-refractivity contribution in [3.63, 3.8) is 0 Å². The van der Waals surface area contributed by atoms with Crippen LogP contribution in [-0.2, 0) is 0 Å². The molecule has 2 rings (SSSR count). The molecule has 0 radical (unpaired) electrons. The highest BCUT2D eigenvalue weighted by molar-refractivity contribution is 9.10. The van der Waals surface area contributed by atoms with Gasteiger partial charge in [-0.25, -0.2) is 0 Å². The molecular formula is C19H17BrClNO2. The maximum absolute atomic E-state index is 9.51. The van der Waals surface area contributed by atoms with E-state index in [9.17, 15) is 5.26 Å². The lowest BCUT2D eigenvalue weighted by atomic mass is 10.0. The lowest BCUT2D eigenvalue weighted by Crippen LogP contribution is -1.98. The molecule has 0 saturated carbocycles. The van der Waals surface area contributed by atoms with Crippen LogP contribution < -0.4 is 9.47 Å². The Morgan fingerprint density at radius 3 is 2.33 bits per heavy atom. The van der Waals surface area contributed by atoms with Crippen LogP contribution in [-0.4, -0.2) is 13.2 Å². The number of allylic oxidation sites excluding steroid dienone is 1. The molecule has 24 heavy (non-hydrogen) atoms. The summed E-state index contributed by atoms with van der Waals surface area (Å²) in [4.78, 5) is 0. The molecule has 0 unspecified atom stereocenters. The van der Waals surface area contributed by atoms with Gasteiger partial charge in [0, 0.05) is 16.7 Å². The highest BCUT2D eigenvalue weighted by Crippen LogP contribution is 2.35. The minimum atomic E-state index is 0.525. The molecule has 0 spiro atoms. The fraction of sp³-hybridized carbons (Fsp3) is 0.211. The van der Waals surface area contributed by atoms with Gasteiger partial charge < -0.3 is 9.47 Å². The summed E-state index contributed by atoms with van der Waals surface area (Å²) in [6.45, 7) is 4.93. The zero-order valence-corrected chi connectivity index (χ0v) is 15.8. The third kappa shape index (κ3) is 4.53. The fourth-order valence-electron chi connectivity index (χ4n) is 2.17. The van der Waals surface area contributed by atoms with E-state index in [0.717, 1.165) is 15.6 Å². The molecule has 0 aromatic heterocycles. The van der Waals surface area contributed by atoms with Gasteiger partial charge in [-0.3, -0.25) is 0 Å². The molecule has 0 fully saturated rings. The smallest absolute Gasteiger partial charge is 0.137 e. The first kappa shape index (κ1) is 18.4. The molecule has 0 heterocycles. The van der Waals surface area contributed by atoms with Crippen LogP contribution in [0.25, 0.3) is 11.6 Å². The highest BCUT2D eigenvalue weighted by Gasteiger charge is 2.11. The van der Waals surface area contributed by atoms with Crippen molar-refractivity contribution in [2.45, 2.75) is 13.8 Å². The lowest BCUT2D eigenvalue weighted by Gasteiger charge is -2.13. The zero-order chi connectivity index (χ0) is 17.5. The average molecular weight is 407 g/mol. The molecule has 2 aromatic carbocycles. The van der Waals surface area contributed by atoms with Crippen LogP contribution >= 0.6 is 27.5 Å².